The van der Waals surface area contributed by atoms with E-state index < -0.39 is 6.04 Å². The molecule has 132 valence electrons. The predicted octanol–water partition coefficient (Wildman–Crippen LogP) is 2.88. The van der Waals surface area contributed by atoms with Crippen molar-refractivity contribution in [3.8, 4) is 0 Å². The number of rotatable bonds is 6. The van der Waals surface area contributed by atoms with Gasteiger partial charge in [0.2, 0.25) is 0 Å². The molecule has 1 atom stereocenters. The summed E-state index contributed by atoms with van der Waals surface area (Å²) in [5.74, 6) is -0.162. The zero-order valence-electron chi connectivity index (χ0n) is 14.8. The highest BCUT2D eigenvalue weighted by Gasteiger charge is 2.22. The zero-order valence-corrected chi connectivity index (χ0v) is 14.8. The minimum absolute atomic E-state index is 0.162. The number of carbonyl (C=O) groups is 1. The molecule has 0 aliphatic heterocycles. The summed E-state index contributed by atoms with van der Waals surface area (Å²) in [5.41, 5.74) is 2.60. The van der Waals surface area contributed by atoms with Gasteiger partial charge in [0.05, 0.1) is 36.2 Å². The van der Waals surface area contributed by atoms with Gasteiger partial charge < -0.3 is 4.57 Å². The highest BCUT2D eigenvalue weighted by atomic mass is 16.1. The molecule has 0 saturated carbocycles. The molecule has 0 N–H and O–H groups in total. The predicted molar refractivity (Wildman–Crippen MR) is 100 cm³/mol. The minimum Gasteiger partial charge on any atom is -0.301 e. The van der Waals surface area contributed by atoms with Crippen LogP contribution in [-0.2, 0) is 6.54 Å². The summed E-state index contributed by atoms with van der Waals surface area (Å²) in [6, 6.07) is 9.26. The minimum atomic E-state index is -0.655. The van der Waals surface area contributed by atoms with Gasteiger partial charge >= 0.3 is 0 Å². The van der Waals surface area contributed by atoms with Crippen LogP contribution in [0.3, 0.4) is 0 Å². The van der Waals surface area contributed by atoms with Crippen molar-refractivity contribution < 1.29 is 4.79 Å². The lowest BCUT2D eigenvalue weighted by Gasteiger charge is -2.14. The van der Waals surface area contributed by atoms with Crippen LogP contribution in [0.2, 0.25) is 0 Å². The summed E-state index contributed by atoms with van der Waals surface area (Å²) in [6.07, 6.45) is 5.85. The van der Waals surface area contributed by atoms with Gasteiger partial charge in [0, 0.05) is 11.9 Å². The normalized spacial score (nSPS) is 11.9. The second-order valence-corrected chi connectivity index (χ2v) is 6.09. The van der Waals surface area contributed by atoms with E-state index in [4.69, 9.17) is 0 Å². The highest BCUT2D eigenvalue weighted by Crippen LogP contribution is 2.17. The number of aromatic nitrogens is 4. The Morgan fingerprint density at radius 2 is 2.00 bits per heavy atom. The molecule has 3 aromatic rings. The molecule has 2 aromatic heterocycles. The van der Waals surface area contributed by atoms with Crippen LogP contribution in [0, 0.1) is 6.92 Å². The third-order valence-corrected chi connectivity index (χ3v) is 4.40. The van der Waals surface area contributed by atoms with E-state index in [1.165, 1.54) is 16.8 Å². The maximum absolute atomic E-state index is 12.9. The van der Waals surface area contributed by atoms with Crippen molar-refractivity contribution in [2.45, 2.75) is 26.4 Å². The molecule has 3 rings (SSSR count). The fourth-order valence-electron chi connectivity index (χ4n) is 2.80. The van der Waals surface area contributed by atoms with Crippen molar-refractivity contribution in [1.29, 1.82) is 0 Å². The van der Waals surface area contributed by atoms with Crippen molar-refractivity contribution in [1.82, 2.24) is 19.3 Å². The average Bonchev–Trinajstić information content (AvgIpc) is 3.02. The van der Waals surface area contributed by atoms with Crippen molar-refractivity contribution in [3.05, 3.63) is 88.4 Å². The summed E-state index contributed by atoms with van der Waals surface area (Å²) in [7, 11) is 0. The van der Waals surface area contributed by atoms with Crippen LogP contribution in [0.15, 0.2) is 60.3 Å². The number of carbonyl (C=O) groups excluding carboxylic acids is 1. The zero-order chi connectivity index (χ0) is 18.7. The summed E-state index contributed by atoms with van der Waals surface area (Å²) in [4.78, 5) is 29.0. The van der Waals surface area contributed by atoms with Gasteiger partial charge in [0.1, 0.15) is 0 Å². The van der Waals surface area contributed by atoms with E-state index in [-0.39, 0.29) is 11.3 Å². The first-order chi connectivity index (χ1) is 12.5. The fraction of sp³-hybridized carbons (Fsp3) is 0.200. The molecule has 0 aliphatic carbocycles. The molecule has 1 aromatic carbocycles. The van der Waals surface area contributed by atoms with Crippen LogP contribution in [0.1, 0.15) is 40.3 Å². The Morgan fingerprint density at radius 1 is 1.27 bits per heavy atom. The quantitative estimate of drug-likeness (QED) is 0.642. The molecule has 0 radical (unpaired) electrons. The van der Waals surface area contributed by atoms with E-state index in [0.29, 0.717) is 17.8 Å². The topological polar surface area (TPSA) is 69.8 Å². The van der Waals surface area contributed by atoms with E-state index in [2.05, 4.69) is 16.7 Å². The standard InChI is InChI=1S/C20H20N4O2/c1-4-17-13-23(19(25)11-21-17)15(3)20(26)18-10-22-24(14(18)2)12-16-8-6-5-7-9-16/h4-11,13,15H,1,12H2,2-3H3. The Hall–Kier alpha value is -3.28. The van der Waals surface area contributed by atoms with Gasteiger partial charge in [-0.2, -0.15) is 5.10 Å². The first kappa shape index (κ1) is 17.5. The molecular formula is C20H20N4O2. The molecule has 6 nitrogen and oxygen atoms in total. The van der Waals surface area contributed by atoms with Crippen LogP contribution in [-0.4, -0.2) is 25.1 Å². The van der Waals surface area contributed by atoms with Crippen molar-refractivity contribution in [3.63, 3.8) is 0 Å². The maximum atomic E-state index is 12.9. The smallest absolute Gasteiger partial charge is 0.269 e. The average molecular weight is 348 g/mol. The Balaban J connectivity index is 1.89. The van der Waals surface area contributed by atoms with Crippen molar-refractivity contribution in [2.75, 3.05) is 0 Å². The molecule has 0 aliphatic rings. The van der Waals surface area contributed by atoms with E-state index in [9.17, 15) is 9.59 Å². The largest absolute Gasteiger partial charge is 0.301 e. The number of ketones is 1. The second kappa shape index (κ2) is 7.31. The van der Waals surface area contributed by atoms with Crippen molar-refractivity contribution >= 4 is 11.9 Å². The third kappa shape index (κ3) is 3.39. The lowest BCUT2D eigenvalue weighted by atomic mass is 10.1. The molecular weight excluding hydrogens is 328 g/mol. The summed E-state index contributed by atoms with van der Waals surface area (Å²) in [6.45, 7) is 7.79. The molecule has 0 amide bonds. The summed E-state index contributed by atoms with van der Waals surface area (Å²) >= 11 is 0. The van der Waals surface area contributed by atoms with E-state index >= 15 is 0 Å². The van der Waals surface area contributed by atoms with Gasteiger partial charge in [-0.05, 0) is 25.5 Å². The number of nitrogens with zero attached hydrogens (tertiary/aromatic N) is 4. The Morgan fingerprint density at radius 3 is 2.69 bits per heavy atom. The van der Waals surface area contributed by atoms with Crippen LogP contribution >= 0.6 is 0 Å². The maximum Gasteiger partial charge on any atom is 0.269 e. The van der Waals surface area contributed by atoms with Gasteiger partial charge in [-0.15, -0.1) is 0 Å². The molecule has 26 heavy (non-hydrogen) atoms. The SMILES string of the molecule is C=Cc1cn(C(C)C(=O)c2cnn(Cc3ccccc3)c2C)c(=O)cn1. The number of benzene rings is 1. The molecule has 1 unspecified atom stereocenters. The van der Waals surface area contributed by atoms with Gasteiger partial charge in [0.25, 0.3) is 5.56 Å². The summed E-state index contributed by atoms with van der Waals surface area (Å²) < 4.78 is 3.17. The van der Waals surface area contributed by atoms with Gasteiger partial charge in [-0.25, -0.2) is 4.98 Å². The fourth-order valence-corrected chi connectivity index (χ4v) is 2.80. The van der Waals surface area contributed by atoms with Crippen LogP contribution in [0.4, 0.5) is 0 Å². The van der Waals surface area contributed by atoms with Gasteiger partial charge in [-0.3, -0.25) is 14.3 Å². The molecule has 0 saturated heterocycles. The molecule has 6 heteroatoms. The first-order valence-electron chi connectivity index (χ1n) is 8.32. The van der Waals surface area contributed by atoms with Crippen LogP contribution in [0.5, 0.6) is 0 Å². The van der Waals surface area contributed by atoms with Crippen LogP contribution in [0.25, 0.3) is 6.08 Å². The molecule has 2 heterocycles. The van der Waals surface area contributed by atoms with E-state index in [1.807, 2.05) is 37.3 Å². The Bertz CT molecular complexity index is 1000. The second-order valence-electron chi connectivity index (χ2n) is 6.09. The lowest BCUT2D eigenvalue weighted by Crippen LogP contribution is -2.28. The molecule has 0 spiro atoms. The molecule has 0 bridgehead atoms. The number of Topliss-reactive ketones (excluding diaryl/α,β-unsaturated/α-hetero) is 1. The van der Waals surface area contributed by atoms with E-state index in [0.717, 1.165) is 11.3 Å². The third-order valence-electron chi connectivity index (χ3n) is 4.40. The van der Waals surface area contributed by atoms with Crippen molar-refractivity contribution in [2.24, 2.45) is 0 Å². The Kier molecular flexibility index (Phi) is 4.93. The van der Waals surface area contributed by atoms with Crippen LogP contribution < -0.4 is 5.56 Å². The van der Waals surface area contributed by atoms with E-state index in [1.54, 1.807) is 24.0 Å². The highest BCUT2D eigenvalue weighted by molar-refractivity contribution is 5.99. The Labute approximate surface area is 151 Å². The monoisotopic (exact) mass is 348 g/mol. The number of hydrogen-bond donors (Lipinski definition) is 0. The van der Waals surface area contributed by atoms with Gasteiger partial charge in [-0.1, -0.05) is 36.9 Å². The van der Waals surface area contributed by atoms with Gasteiger partial charge in [0.15, 0.2) is 5.78 Å². The number of hydrogen-bond acceptors (Lipinski definition) is 4. The first-order valence-corrected chi connectivity index (χ1v) is 8.32. The molecule has 0 fully saturated rings. The summed E-state index contributed by atoms with van der Waals surface area (Å²) in [5, 5.41) is 4.34. The lowest BCUT2D eigenvalue weighted by molar-refractivity contribution is 0.0932.